The van der Waals surface area contributed by atoms with Crippen LogP contribution in [-0.2, 0) is 23.7 Å². The number of aliphatic hydroxyl groups is 6. The highest BCUT2D eigenvalue weighted by Crippen LogP contribution is 2.35. The zero-order valence-electron chi connectivity index (χ0n) is 19.8. The Kier molecular flexibility index (Phi) is 8.98. The van der Waals surface area contributed by atoms with Crippen molar-refractivity contribution < 1.29 is 54.3 Å². The van der Waals surface area contributed by atoms with Gasteiger partial charge in [0.25, 0.3) is 0 Å². The van der Waals surface area contributed by atoms with E-state index in [1.165, 1.54) is 12.2 Å². The second-order valence-corrected chi connectivity index (χ2v) is 9.68. The maximum Gasteiger partial charge on any atom is 0.189 e. The summed E-state index contributed by atoms with van der Waals surface area (Å²) in [6.07, 6.45) is -10.6. The van der Waals surface area contributed by atoms with E-state index in [2.05, 4.69) is 5.32 Å². The van der Waals surface area contributed by atoms with Gasteiger partial charge in [-0.15, -0.1) is 0 Å². The Morgan fingerprint density at radius 3 is 2.22 bits per heavy atom. The van der Waals surface area contributed by atoms with Crippen LogP contribution >= 0.6 is 0 Å². The van der Waals surface area contributed by atoms with Gasteiger partial charge >= 0.3 is 0 Å². The lowest BCUT2D eigenvalue weighted by molar-refractivity contribution is -0.371. The van der Waals surface area contributed by atoms with E-state index in [4.69, 9.17) is 40.9 Å². The molecule has 0 amide bonds. The molecule has 3 aliphatic heterocycles. The Morgan fingerprint density at radius 2 is 1.56 bits per heavy atom. The summed E-state index contributed by atoms with van der Waals surface area (Å²) in [5.41, 5.74) is 17.7. The highest BCUT2D eigenvalue weighted by molar-refractivity contribution is 5.10. The zero-order valence-corrected chi connectivity index (χ0v) is 19.8. The van der Waals surface area contributed by atoms with Crippen molar-refractivity contribution in [3.05, 3.63) is 12.2 Å². The first kappa shape index (κ1) is 28.2. The number of ether oxygens (including phenoxy) is 5. The third-order valence-electron chi connectivity index (χ3n) is 7.26. The van der Waals surface area contributed by atoms with Crippen molar-refractivity contribution in [2.75, 3.05) is 13.7 Å². The minimum Gasteiger partial charge on any atom is -0.394 e. The second-order valence-electron chi connectivity index (χ2n) is 9.68. The van der Waals surface area contributed by atoms with Gasteiger partial charge in [-0.05, 0) is 13.5 Å². The topological polar surface area (TPSA) is 258 Å². The molecule has 0 spiro atoms. The van der Waals surface area contributed by atoms with Gasteiger partial charge in [0.05, 0.1) is 36.9 Å². The van der Waals surface area contributed by atoms with E-state index >= 15 is 0 Å². The largest absolute Gasteiger partial charge is 0.394 e. The van der Waals surface area contributed by atoms with E-state index in [1.807, 2.05) is 0 Å². The van der Waals surface area contributed by atoms with Crippen LogP contribution in [0.15, 0.2) is 12.2 Å². The molecule has 3 heterocycles. The number of hydrogen-bond acceptors (Lipinski definition) is 15. The standard InChI is InChI=1S/C21H38N4O11/c1-25-12-16(30)18-9(33-20(12)36-21-17(31)15(29)11(24)10(5-26)34-21)4-7(23)19(35-18)32-8-3-2-6(22)13(27)14(8)28/h2-3,6-21,25-31H,4-5,22-24H2,1H3. The molecule has 36 heavy (non-hydrogen) atoms. The maximum atomic E-state index is 11.1. The van der Waals surface area contributed by atoms with E-state index in [0.29, 0.717) is 0 Å². The molecular formula is C21H38N4O11. The molecule has 0 aromatic carbocycles. The van der Waals surface area contributed by atoms with E-state index < -0.39 is 105 Å². The molecule has 16 atom stereocenters. The Balaban J connectivity index is 1.43. The molecule has 16 unspecified atom stereocenters. The Hall–Kier alpha value is -0.860. The molecule has 0 bridgehead atoms. The summed E-state index contributed by atoms with van der Waals surface area (Å²) in [4.78, 5) is 0. The van der Waals surface area contributed by atoms with Gasteiger partial charge in [-0.2, -0.15) is 0 Å². The highest BCUT2D eigenvalue weighted by Gasteiger charge is 2.53. The number of aliphatic hydroxyl groups excluding tert-OH is 6. The lowest BCUT2D eigenvalue weighted by Crippen LogP contribution is -2.69. The smallest absolute Gasteiger partial charge is 0.189 e. The lowest BCUT2D eigenvalue weighted by atomic mass is 9.90. The molecule has 208 valence electrons. The fourth-order valence-corrected chi connectivity index (χ4v) is 5.00. The molecule has 3 fully saturated rings. The van der Waals surface area contributed by atoms with E-state index in [1.54, 1.807) is 7.05 Å². The first-order valence-electron chi connectivity index (χ1n) is 12.0. The molecule has 1 aliphatic carbocycles. The predicted octanol–water partition coefficient (Wildman–Crippen LogP) is -6.11. The molecular weight excluding hydrogens is 484 g/mol. The highest BCUT2D eigenvalue weighted by atomic mass is 16.8. The van der Waals surface area contributed by atoms with Crippen LogP contribution < -0.4 is 22.5 Å². The molecule has 0 saturated carbocycles. The minimum atomic E-state index is -1.53. The summed E-state index contributed by atoms with van der Waals surface area (Å²) in [5, 5.41) is 64.4. The van der Waals surface area contributed by atoms with Crippen LogP contribution in [0.1, 0.15) is 6.42 Å². The fourth-order valence-electron chi connectivity index (χ4n) is 5.00. The average molecular weight is 523 g/mol. The summed E-state index contributed by atoms with van der Waals surface area (Å²) >= 11 is 0. The van der Waals surface area contributed by atoms with E-state index in [9.17, 15) is 30.6 Å². The van der Waals surface area contributed by atoms with Crippen LogP contribution in [-0.4, -0.2) is 142 Å². The molecule has 15 nitrogen and oxygen atoms in total. The van der Waals surface area contributed by atoms with Gasteiger partial charge in [-0.25, -0.2) is 0 Å². The summed E-state index contributed by atoms with van der Waals surface area (Å²) in [6, 6.07) is -3.35. The van der Waals surface area contributed by atoms with Crippen LogP contribution in [0.5, 0.6) is 0 Å². The quantitative estimate of drug-likeness (QED) is 0.146. The monoisotopic (exact) mass is 522 g/mol. The number of nitrogens with one attached hydrogen (secondary N) is 1. The molecule has 3 saturated heterocycles. The Bertz CT molecular complexity index is 763. The predicted molar refractivity (Wildman–Crippen MR) is 120 cm³/mol. The van der Waals surface area contributed by atoms with Gasteiger partial charge in [-0.1, -0.05) is 12.2 Å². The third kappa shape index (κ3) is 5.33. The summed E-state index contributed by atoms with van der Waals surface area (Å²) in [7, 11) is 1.56. The van der Waals surface area contributed by atoms with Crippen molar-refractivity contribution in [2.24, 2.45) is 17.2 Å². The van der Waals surface area contributed by atoms with Crippen molar-refractivity contribution in [2.45, 2.75) is 104 Å². The van der Waals surface area contributed by atoms with Gasteiger partial charge in [0.15, 0.2) is 18.9 Å². The molecule has 4 rings (SSSR count). The van der Waals surface area contributed by atoms with Gasteiger partial charge in [0.2, 0.25) is 0 Å². The van der Waals surface area contributed by atoms with E-state index in [0.717, 1.165) is 0 Å². The van der Waals surface area contributed by atoms with Crippen molar-refractivity contribution in [3.8, 4) is 0 Å². The van der Waals surface area contributed by atoms with Gasteiger partial charge in [0, 0.05) is 0 Å². The fraction of sp³-hybridized carbons (Fsp3) is 0.905. The van der Waals surface area contributed by atoms with Crippen LogP contribution in [0.4, 0.5) is 0 Å². The third-order valence-corrected chi connectivity index (χ3v) is 7.26. The molecule has 0 radical (unpaired) electrons. The second kappa shape index (κ2) is 11.5. The van der Waals surface area contributed by atoms with Crippen molar-refractivity contribution in [1.29, 1.82) is 0 Å². The van der Waals surface area contributed by atoms with Gasteiger partial charge in [0.1, 0.15) is 48.8 Å². The van der Waals surface area contributed by atoms with Crippen molar-refractivity contribution >= 4 is 0 Å². The SMILES string of the molecule is CNC1C(OC2OC(CO)C(N)C(O)C2O)OC2CC(N)C(OC3C=CC(N)C(O)C3O)OC2C1O. The van der Waals surface area contributed by atoms with Crippen molar-refractivity contribution in [3.63, 3.8) is 0 Å². The first-order chi connectivity index (χ1) is 17.1. The molecule has 15 heteroatoms. The number of hydrogen-bond donors (Lipinski definition) is 10. The van der Waals surface area contributed by atoms with Crippen LogP contribution in [0, 0.1) is 0 Å². The number of nitrogens with two attached hydrogens (primary N) is 3. The number of rotatable bonds is 6. The maximum absolute atomic E-state index is 11.1. The van der Waals surface area contributed by atoms with Crippen molar-refractivity contribution in [1.82, 2.24) is 5.32 Å². The molecule has 13 N–H and O–H groups in total. The first-order valence-corrected chi connectivity index (χ1v) is 12.0. The number of likely N-dealkylation sites (N-methyl/N-ethyl adjacent to an activating group) is 1. The minimum absolute atomic E-state index is 0.179. The Labute approximate surface area is 207 Å². The summed E-state index contributed by atoms with van der Waals surface area (Å²) in [6.45, 7) is -0.503. The van der Waals surface area contributed by atoms with Crippen LogP contribution in [0.2, 0.25) is 0 Å². The van der Waals surface area contributed by atoms with Gasteiger partial charge < -0.3 is 76.8 Å². The molecule has 0 aromatic rings. The van der Waals surface area contributed by atoms with Crippen LogP contribution in [0.3, 0.4) is 0 Å². The normalized spacial score (nSPS) is 53.7. The zero-order chi connectivity index (χ0) is 26.3. The van der Waals surface area contributed by atoms with Crippen LogP contribution in [0.25, 0.3) is 0 Å². The summed E-state index contributed by atoms with van der Waals surface area (Å²) < 4.78 is 29.1. The number of fused-ring (bicyclic) bond motifs is 1. The molecule has 0 aromatic heterocycles. The van der Waals surface area contributed by atoms with E-state index in [-0.39, 0.29) is 6.42 Å². The molecule has 4 aliphatic rings. The van der Waals surface area contributed by atoms with Gasteiger partial charge in [-0.3, -0.25) is 0 Å². The Morgan fingerprint density at radius 1 is 0.833 bits per heavy atom. The average Bonchev–Trinajstić information content (AvgIpc) is 2.85. The lowest BCUT2D eigenvalue weighted by Gasteiger charge is -2.51. The summed E-state index contributed by atoms with van der Waals surface area (Å²) in [5.74, 6) is 0.